The van der Waals surface area contributed by atoms with Gasteiger partial charge in [0.15, 0.2) is 6.10 Å². The first kappa shape index (κ1) is 16.7. The normalized spacial score (nSPS) is 13.1. The average molecular weight is 312 g/mol. The standard InChI is InChI=1S/C18H20N2O3/c1-12-7-9-13(10-8-12)11-15(17(19)22)20-18(23)16(21)14-5-3-2-4-6-14/h2-10,15-16,21H,11H2,1H3,(H2,19,22)(H,20,23)/t15-,16+/m1/s1. The van der Waals surface area contributed by atoms with Gasteiger partial charge in [-0.3, -0.25) is 9.59 Å². The molecule has 0 unspecified atom stereocenters. The third-order valence-corrected chi connectivity index (χ3v) is 3.58. The van der Waals surface area contributed by atoms with Gasteiger partial charge in [0.25, 0.3) is 5.91 Å². The summed E-state index contributed by atoms with van der Waals surface area (Å²) in [4.78, 5) is 23.7. The van der Waals surface area contributed by atoms with Crippen molar-refractivity contribution in [2.75, 3.05) is 0 Å². The molecule has 0 saturated carbocycles. The smallest absolute Gasteiger partial charge is 0.254 e. The number of primary amides is 1. The van der Waals surface area contributed by atoms with E-state index in [0.717, 1.165) is 11.1 Å². The molecule has 4 N–H and O–H groups in total. The summed E-state index contributed by atoms with van der Waals surface area (Å²) < 4.78 is 0. The Morgan fingerprint density at radius 1 is 1.09 bits per heavy atom. The molecule has 0 fully saturated rings. The summed E-state index contributed by atoms with van der Waals surface area (Å²) in [6.07, 6.45) is -1.06. The summed E-state index contributed by atoms with van der Waals surface area (Å²) in [5, 5.41) is 12.6. The molecule has 2 aromatic rings. The summed E-state index contributed by atoms with van der Waals surface area (Å²) in [5.74, 6) is -1.29. The molecule has 2 rings (SSSR count). The van der Waals surface area contributed by atoms with Gasteiger partial charge in [-0.2, -0.15) is 0 Å². The number of hydrogen-bond acceptors (Lipinski definition) is 3. The highest BCUT2D eigenvalue weighted by Crippen LogP contribution is 2.13. The highest BCUT2D eigenvalue weighted by atomic mass is 16.3. The predicted molar refractivity (Wildman–Crippen MR) is 87.4 cm³/mol. The van der Waals surface area contributed by atoms with E-state index in [1.165, 1.54) is 0 Å². The van der Waals surface area contributed by atoms with Crippen LogP contribution in [-0.4, -0.2) is 23.0 Å². The van der Waals surface area contributed by atoms with Crippen LogP contribution in [0, 0.1) is 6.92 Å². The number of hydrogen-bond donors (Lipinski definition) is 3. The lowest BCUT2D eigenvalue weighted by atomic mass is 10.0. The van der Waals surface area contributed by atoms with Crippen LogP contribution < -0.4 is 11.1 Å². The quantitative estimate of drug-likeness (QED) is 0.749. The lowest BCUT2D eigenvalue weighted by Crippen LogP contribution is -2.47. The maximum Gasteiger partial charge on any atom is 0.254 e. The number of rotatable bonds is 6. The summed E-state index contributed by atoms with van der Waals surface area (Å²) in [6.45, 7) is 1.97. The van der Waals surface area contributed by atoms with Crippen molar-refractivity contribution in [2.24, 2.45) is 5.73 Å². The van der Waals surface area contributed by atoms with Gasteiger partial charge in [-0.25, -0.2) is 0 Å². The molecule has 5 heteroatoms. The number of carbonyl (C=O) groups is 2. The maximum absolute atomic E-state index is 12.1. The largest absolute Gasteiger partial charge is 0.378 e. The molecule has 0 aliphatic heterocycles. The maximum atomic E-state index is 12.1. The molecular formula is C18H20N2O3. The topological polar surface area (TPSA) is 92.4 Å². The van der Waals surface area contributed by atoms with Crippen molar-refractivity contribution >= 4 is 11.8 Å². The summed E-state index contributed by atoms with van der Waals surface area (Å²) in [5.41, 5.74) is 7.82. The van der Waals surface area contributed by atoms with E-state index in [4.69, 9.17) is 5.73 Å². The molecule has 0 heterocycles. The number of nitrogens with two attached hydrogens (primary N) is 1. The Morgan fingerprint density at radius 3 is 2.26 bits per heavy atom. The Bertz CT molecular complexity index is 668. The highest BCUT2D eigenvalue weighted by molar-refractivity contribution is 5.89. The van der Waals surface area contributed by atoms with Crippen LogP contribution in [0.25, 0.3) is 0 Å². The first-order valence-electron chi connectivity index (χ1n) is 7.35. The Hall–Kier alpha value is -2.66. The van der Waals surface area contributed by atoms with E-state index < -0.39 is 24.0 Å². The van der Waals surface area contributed by atoms with E-state index >= 15 is 0 Å². The van der Waals surface area contributed by atoms with Gasteiger partial charge in [0, 0.05) is 6.42 Å². The predicted octanol–water partition coefficient (Wildman–Crippen LogP) is 1.24. The van der Waals surface area contributed by atoms with Crippen molar-refractivity contribution in [1.29, 1.82) is 0 Å². The number of benzene rings is 2. The van der Waals surface area contributed by atoms with Gasteiger partial charge in [-0.05, 0) is 18.1 Å². The number of aliphatic hydroxyl groups excluding tert-OH is 1. The van der Waals surface area contributed by atoms with Crippen LogP contribution in [0.15, 0.2) is 54.6 Å². The van der Waals surface area contributed by atoms with Gasteiger partial charge in [-0.1, -0.05) is 60.2 Å². The molecular weight excluding hydrogens is 292 g/mol. The summed E-state index contributed by atoms with van der Waals surface area (Å²) >= 11 is 0. The molecule has 2 amide bonds. The van der Waals surface area contributed by atoms with Crippen LogP contribution in [0.5, 0.6) is 0 Å². The zero-order valence-electron chi connectivity index (χ0n) is 12.9. The third kappa shape index (κ3) is 4.66. The number of carbonyl (C=O) groups excluding carboxylic acids is 2. The van der Waals surface area contributed by atoms with Crippen LogP contribution in [0.2, 0.25) is 0 Å². The Balaban J connectivity index is 2.05. The van der Waals surface area contributed by atoms with Crippen molar-refractivity contribution in [1.82, 2.24) is 5.32 Å². The average Bonchev–Trinajstić information content (AvgIpc) is 2.56. The van der Waals surface area contributed by atoms with Gasteiger partial charge >= 0.3 is 0 Å². The fraction of sp³-hybridized carbons (Fsp3) is 0.222. The molecule has 0 spiro atoms. The molecule has 0 aromatic heterocycles. The second kappa shape index (κ2) is 7.56. The zero-order chi connectivity index (χ0) is 16.8. The van der Waals surface area contributed by atoms with Gasteiger partial charge in [0.05, 0.1) is 0 Å². The molecule has 0 aliphatic carbocycles. The van der Waals surface area contributed by atoms with Crippen molar-refractivity contribution in [3.63, 3.8) is 0 Å². The fourth-order valence-electron chi connectivity index (χ4n) is 2.22. The fourth-order valence-corrected chi connectivity index (χ4v) is 2.22. The van der Waals surface area contributed by atoms with Crippen LogP contribution in [0.4, 0.5) is 0 Å². The van der Waals surface area contributed by atoms with Crippen molar-refractivity contribution in [3.8, 4) is 0 Å². The first-order valence-corrected chi connectivity index (χ1v) is 7.35. The molecule has 0 radical (unpaired) electrons. The molecule has 120 valence electrons. The van der Waals surface area contributed by atoms with E-state index in [9.17, 15) is 14.7 Å². The highest BCUT2D eigenvalue weighted by Gasteiger charge is 2.23. The van der Waals surface area contributed by atoms with Gasteiger partial charge in [0.2, 0.25) is 5.91 Å². The summed E-state index contributed by atoms with van der Waals surface area (Å²) in [6, 6.07) is 15.3. The van der Waals surface area contributed by atoms with Gasteiger partial charge < -0.3 is 16.2 Å². The molecule has 23 heavy (non-hydrogen) atoms. The Kier molecular flexibility index (Phi) is 5.49. The number of aryl methyl sites for hydroxylation is 1. The van der Waals surface area contributed by atoms with Crippen LogP contribution in [-0.2, 0) is 16.0 Å². The first-order chi connectivity index (χ1) is 11.0. The molecule has 0 saturated heterocycles. The lowest BCUT2D eigenvalue weighted by Gasteiger charge is -2.18. The molecule has 0 bridgehead atoms. The Morgan fingerprint density at radius 2 is 1.70 bits per heavy atom. The van der Waals surface area contributed by atoms with Crippen molar-refractivity contribution in [2.45, 2.75) is 25.5 Å². The number of nitrogens with one attached hydrogen (secondary N) is 1. The third-order valence-electron chi connectivity index (χ3n) is 3.58. The van der Waals surface area contributed by atoms with E-state index in [0.29, 0.717) is 5.56 Å². The SMILES string of the molecule is Cc1ccc(C[C@@H](NC(=O)[C@@H](O)c2ccccc2)C(N)=O)cc1. The van der Waals surface area contributed by atoms with E-state index in [2.05, 4.69) is 5.32 Å². The van der Waals surface area contributed by atoms with Crippen LogP contribution >= 0.6 is 0 Å². The van der Waals surface area contributed by atoms with Crippen LogP contribution in [0.1, 0.15) is 22.8 Å². The number of aliphatic hydroxyl groups is 1. The van der Waals surface area contributed by atoms with E-state index in [-0.39, 0.29) is 6.42 Å². The molecule has 2 aromatic carbocycles. The minimum Gasteiger partial charge on any atom is -0.378 e. The Labute approximate surface area is 135 Å². The second-order valence-electron chi connectivity index (χ2n) is 5.47. The molecule has 0 aliphatic rings. The lowest BCUT2D eigenvalue weighted by molar-refractivity contribution is -0.133. The van der Waals surface area contributed by atoms with Crippen molar-refractivity contribution in [3.05, 3.63) is 71.3 Å². The minimum atomic E-state index is -1.34. The summed E-state index contributed by atoms with van der Waals surface area (Å²) in [7, 11) is 0. The molecule has 2 atom stereocenters. The monoisotopic (exact) mass is 312 g/mol. The van der Waals surface area contributed by atoms with E-state index in [1.807, 2.05) is 31.2 Å². The zero-order valence-corrected chi connectivity index (χ0v) is 12.9. The van der Waals surface area contributed by atoms with Crippen molar-refractivity contribution < 1.29 is 14.7 Å². The number of amides is 2. The van der Waals surface area contributed by atoms with E-state index in [1.54, 1.807) is 30.3 Å². The second-order valence-corrected chi connectivity index (χ2v) is 5.47. The van der Waals surface area contributed by atoms with Gasteiger partial charge in [0.1, 0.15) is 6.04 Å². The van der Waals surface area contributed by atoms with Gasteiger partial charge in [-0.15, -0.1) is 0 Å². The minimum absolute atomic E-state index is 0.281. The molecule has 5 nitrogen and oxygen atoms in total. The van der Waals surface area contributed by atoms with Crippen LogP contribution in [0.3, 0.4) is 0 Å².